The Morgan fingerprint density at radius 2 is 1.93 bits per heavy atom. The van der Waals surface area contributed by atoms with Crippen LogP contribution in [0.25, 0.3) is 10.9 Å². The van der Waals surface area contributed by atoms with E-state index in [2.05, 4.69) is 10.3 Å². The molecule has 0 amide bonds. The van der Waals surface area contributed by atoms with E-state index in [4.69, 9.17) is 4.74 Å². The molecule has 0 bridgehead atoms. The zero-order chi connectivity index (χ0) is 20.5. The standard InChI is InChI=1S/C19H20F6N2O/c1-28-15(8-11-4-3-7-26-10-11)13-9-16(19(23,24)25)27-17-12(13)5-2-6-14(17)18(20,21)22/h2,5-6,9,11,15,26H,3-4,7-8,10H2,1H3. The Hall–Kier alpha value is -1.87. The monoisotopic (exact) mass is 406 g/mol. The van der Waals surface area contributed by atoms with Crippen molar-refractivity contribution in [3.63, 3.8) is 0 Å². The van der Waals surface area contributed by atoms with E-state index < -0.39 is 35.2 Å². The maximum atomic E-state index is 13.4. The molecule has 1 aromatic carbocycles. The van der Waals surface area contributed by atoms with Crippen LogP contribution in [0.4, 0.5) is 26.3 Å². The van der Waals surface area contributed by atoms with Crippen LogP contribution in [-0.4, -0.2) is 25.2 Å². The van der Waals surface area contributed by atoms with E-state index in [1.807, 2.05) is 0 Å². The Morgan fingerprint density at radius 3 is 2.50 bits per heavy atom. The third kappa shape index (κ3) is 4.41. The molecule has 154 valence electrons. The minimum atomic E-state index is -4.87. The number of nitrogens with zero attached hydrogens (tertiary/aromatic N) is 1. The van der Waals surface area contributed by atoms with E-state index >= 15 is 0 Å². The van der Waals surface area contributed by atoms with Crippen LogP contribution in [0.1, 0.15) is 42.2 Å². The third-order valence-corrected chi connectivity index (χ3v) is 5.05. The molecule has 3 rings (SSSR count). The third-order valence-electron chi connectivity index (χ3n) is 5.05. The van der Waals surface area contributed by atoms with Gasteiger partial charge in [0, 0.05) is 12.5 Å². The molecule has 2 unspecified atom stereocenters. The number of para-hydroxylation sites is 1. The number of halogens is 6. The number of methoxy groups -OCH3 is 1. The van der Waals surface area contributed by atoms with Crippen LogP contribution < -0.4 is 5.32 Å². The van der Waals surface area contributed by atoms with Gasteiger partial charge in [0.05, 0.1) is 17.2 Å². The molecular formula is C19H20F6N2O. The van der Waals surface area contributed by atoms with Gasteiger partial charge < -0.3 is 10.1 Å². The molecule has 0 aliphatic carbocycles. The minimum absolute atomic E-state index is 0.0263. The van der Waals surface area contributed by atoms with Crippen LogP contribution in [-0.2, 0) is 17.1 Å². The van der Waals surface area contributed by atoms with Crippen LogP contribution in [0.5, 0.6) is 0 Å². The van der Waals surface area contributed by atoms with E-state index in [1.165, 1.54) is 19.2 Å². The molecule has 1 N–H and O–H groups in total. The summed E-state index contributed by atoms with van der Waals surface area (Å²) in [5.74, 6) is 0.169. The van der Waals surface area contributed by atoms with Crippen LogP contribution in [0.3, 0.4) is 0 Å². The number of rotatable bonds is 4. The summed E-state index contributed by atoms with van der Waals surface area (Å²) in [5, 5.41) is 3.25. The van der Waals surface area contributed by atoms with Crippen molar-refractivity contribution < 1.29 is 31.1 Å². The highest BCUT2D eigenvalue weighted by molar-refractivity contribution is 5.86. The molecule has 0 saturated carbocycles. The van der Waals surface area contributed by atoms with E-state index in [9.17, 15) is 26.3 Å². The van der Waals surface area contributed by atoms with Gasteiger partial charge in [-0.1, -0.05) is 12.1 Å². The second-order valence-corrected chi connectivity index (χ2v) is 6.97. The molecule has 9 heteroatoms. The summed E-state index contributed by atoms with van der Waals surface area (Å²) in [6.45, 7) is 1.57. The predicted octanol–water partition coefficient (Wildman–Crippen LogP) is 5.35. The average Bonchev–Trinajstić information content (AvgIpc) is 2.64. The summed E-state index contributed by atoms with van der Waals surface area (Å²) in [4.78, 5) is 3.32. The lowest BCUT2D eigenvalue weighted by Crippen LogP contribution is -2.31. The number of hydrogen-bond acceptors (Lipinski definition) is 3. The van der Waals surface area contributed by atoms with Gasteiger partial charge >= 0.3 is 12.4 Å². The van der Waals surface area contributed by atoms with Gasteiger partial charge in [0.15, 0.2) is 0 Å². The molecule has 0 radical (unpaired) electrons. The van der Waals surface area contributed by atoms with E-state index in [0.29, 0.717) is 13.0 Å². The van der Waals surface area contributed by atoms with Crippen molar-refractivity contribution in [1.82, 2.24) is 10.3 Å². The first-order chi connectivity index (χ1) is 13.1. The Balaban J connectivity index is 2.16. The normalized spacial score (nSPS) is 19.8. The molecule has 1 saturated heterocycles. The Morgan fingerprint density at radius 1 is 1.18 bits per heavy atom. The maximum Gasteiger partial charge on any atom is 0.433 e. The number of alkyl halides is 6. The van der Waals surface area contributed by atoms with Gasteiger partial charge in [-0.2, -0.15) is 26.3 Å². The molecule has 3 nitrogen and oxygen atoms in total. The van der Waals surface area contributed by atoms with Crippen molar-refractivity contribution in [2.45, 2.75) is 37.7 Å². The molecule has 2 atom stereocenters. The second-order valence-electron chi connectivity index (χ2n) is 6.97. The quantitative estimate of drug-likeness (QED) is 0.695. The second kappa shape index (κ2) is 7.87. The molecule has 1 fully saturated rings. The number of benzene rings is 1. The van der Waals surface area contributed by atoms with Gasteiger partial charge in [0.25, 0.3) is 0 Å². The summed E-state index contributed by atoms with van der Waals surface area (Å²) in [5.41, 5.74) is -3.16. The number of hydrogen-bond donors (Lipinski definition) is 1. The number of pyridine rings is 1. The number of aromatic nitrogens is 1. The molecule has 1 aromatic heterocycles. The van der Waals surface area contributed by atoms with E-state index in [0.717, 1.165) is 31.5 Å². The first-order valence-electron chi connectivity index (χ1n) is 8.93. The zero-order valence-corrected chi connectivity index (χ0v) is 15.1. The highest BCUT2D eigenvalue weighted by atomic mass is 19.4. The first kappa shape index (κ1) is 20.9. The molecule has 2 heterocycles. The van der Waals surface area contributed by atoms with Crippen molar-refractivity contribution in [3.8, 4) is 0 Å². The molecular weight excluding hydrogens is 386 g/mol. The van der Waals surface area contributed by atoms with Crippen molar-refractivity contribution in [3.05, 3.63) is 41.1 Å². The van der Waals surface area contributed by atoms with E-state index in [-0.39, 0.29) is 16.9 Å². The Labute approximate surface area is 158 Å². The van der Waals surface area contributed by atoms with Crippen LogP contribution in [0.2, 0.25) is 0 Å². The minimum Gasteiger partial charge on any atom is -0.377 e. The van der Waals surface area contributed by atoms with Gasteiger partial charge in [0.2, 0.25) is 0 Å². The lowest BCUT2D eigenvalue weighted by atomic mass is 9.89. The summed E-state index contributed by atoms with van der Waals surface area (Å²) in [6, 6.07) is 4.09. The largest absolute Gasteiger partial charge is 0.433 e. The number of fused-ring (bicyclic) bond motifs is 1. The molecule has 28 heavy (non-hydrogen) atoms. The fourth-order valence-corrected chi connectivity index (χ4v) is 3.69. The summed E-state index contributed by atoms with van der Waals surface area (Å²) < 4.78 is 85.6. The first-order valence-corrected chi connectivity index (χ1v) is 8.93. The topological polar surface area (TPSA) is 34.1 Å². The molecule has 2 aromatic rings. The van der Waals surface area contributed by atoms with Gasteiger partial charge in [-0.3, -0.25) is 0 Å². The van der Waals surface area contributed by atoms with Crippen molar-refractivity contribution in [2.24, 2.45) is 5.92 Å². The van der Waals surface area contributed by atoms with Crippen LogP contribution in [0.15, 0.2) is 24.3 Å². The zero-order valence-electron chi connectivity index (χ0n) is 15.1. The van der Waals surface area contributed by atoms with E-state index in [1.54, 1.807) is 0 Å². The van der Waals surface area contributed by atoms with Gasteiger partial charge in [0.1, 0.15) is 5.69 Å². The number of ether oxygens (including phenoxy) is 1. The molecule has 0 spiro atoms. The summed E-state index contributed by atoms with van der Waals surface area (Å²) >= 11 is 0. The van der Waals surface area contributed by atoms with Crippen molar-refractivity contribution in [1.29, 1.82) is 0 Å². The molecule has 1 aliphatic rings. The fourth-order valence-electron chi connectivity index (χ4n) is 3.69. The fraction of sp³-hybridized carbons (Fsp3) is 0.526. The summed E-state index contributed by atoms with van der Waals surface area (Å²) in [7, 11) is 1.36. The SMILES string of the molecule is COC(CC1CCCNC1)c1cc(C(F)(F)F)nc2c(C(F)(F)F)cccc12. The number of nitrogens with one attached hydrogen (secondary N) is 1. The van der Waals surface area contributed by atoms with Gasteiger partial charge in [-0.05, 0) is 56.0 Å². The lowest BCUT2D eigenvalue weighted by Gasteiger charge is -2.28. The van der Waals surface area contributed by atoms with Crippen LogP contribution in [0, 0.1) is 5.92 Å². The van der Waals surface area contributed by atoms with Crippen molar-refractivity contribution >= 4 is 10.9 Å². The average molecular weight is 406 g/mol. The predicted molar refractivity (Wildman–Crippen MR) is 91.7 cm³/mol. The van der Waals surface area contributed by atoms with Crippen LogP contribution >= 0.6 is 0 Å². The highest BCUT2D eigenvalue weighted by Gasteiger charge is 2.38. The van der Waals surface area contributed by atoms with Gasteiger partial charge in [-0.25, -0.2) is 4.98 Å². The smallest absolute Gasteiger partial charge is 0.377 e. The maximum absolute atomic E-state index is 13.4. The van der Waals surface area contributed by atoms with Gasteiger partial charge in [-0.15, -0.1) is 0 Å². The highest BCUT2D eigenvalue weighted by Crippen LogP contribution is 2.40. The summed E-state index contributed by atoms with van der Waals surface area (Å²) in [6.07, 6.45) is -8.22. The Bertz CT molecular complexity index is 828. The molecule has 1 aliphatic heterocycles. The van der Waals surface area contributed by atoms with Crippen molar-refractivity contribution in [2.75, 3.05) is 20.2 Å². The number of piperidine rings is 1. The lowest BCUT2D eigenvalue weighted by molar-refractivity contribution is -0.142. The Kier molecular flexibility index (Phi) is 5.86.